The van der Waals surface area contributed by atoms with E-state index in [2.05, 4.69) is 10.6 Å². The van der Waals surface area contributed by atoms with Gasteiger partial charge in [-0.3, -0.25) is 4.79 Å². The molecular weight excluding hydrogens is 234 g/mol. The highest BCUT2D eigenvalue weighted by molar-refractivity contribution is 5.79. The number of aliphatic carboxylic acids is 1. The molecule has 18 heavy (non-hydrogen) atoms. The summed E-state index contributed by atoms with van der Waals surface area (Å²) in [7, 11) is 0. The molecule has 2 amide bonds. The maximum atomic E-state index is 12.0. The van der Waals surface area contributed by atoms with E-state index in [4.69, 9.17) is 0 Å². The molecule has 6 heteroatoms. The zero-order valence-electron chi connectivity index (χ0n) is 10.6. The number of carboxylic acid groups (broad SMARTS) is 1. The predicted molar refractivity (Wildman–Crippen MR) is 66.4 cm³/mol. The van der Waals surface area contributed by atoms with Crippen molar-refractivity contribution in [1.82, 2.24) is 15.5 Å². The minimum Gasteiger partial charge on any atom is -0.481 e. The third-order valence-electron chi connectivity index (χ3n) is 3.97. The van der Waals surface area contributed by atoms with Gasteiger partial charge in [0.15, 0.2) is 0 Å². The second-order valence-electron chi connectivity index (χ2n) is 5.19. The van der Waals surface area contributed by atoms with Crippen LogP contribution in [0.15, 0.2) is 0 Å². The number of urea groups is 1. The fourth-order valence-corrected chi connectivity index (χ4v) is 2.48. The van der Waals surface area contributed by atoms with E-state index in [1.807, 2.05) is 0 Å². The van der Waals surface area contributed by atoms with E-state index in [1.54, 1.807) is 4.90 Å². The maximum Gasteiger partial charge on any atom is 0.317 e. The molecule has 1 heterocycles. The standard InChI is InChI=1S/C12H21N3O3/c16-10(17)12(3-1-4-12)9-14-11(18)15-7-2-5-13-6-8-15/h13H,1-9H2,(H,14,18)(H,16,17). The van der Waals surface area contributed by atoms with Crippen LogP contribution in [0.4, 0.5) is 4.79 Å². The van der Waals surface area contributed by atoms with Crippen LogP contribution in [-0.4, -0.2) is 54.7 Å². The molecule has 3 N–H and O–H groups in total. The van der Waals surface area contributed by atoms with Crippen molar-refractivity contribution in [3.05, 3.63) is 0 Å². The molecule has 0 aromatic heterocycles. The highest BCUT2D eigenvalue weighted by atomic mass is 16.4. The van der Waals surface area contributed by atoms with Crippen LogP contribution in [0.25, 0.3) is 0 Å². The second-order valence-corrected chi connectivity index (χ2v) is 5.19. The van der Waals surface area contributed by atoms with E-state index < -0.39 is 11.4 Å². The molecule has 1 aliphatic heterocycles. The lowest BCUT2D eigenvalue weighted by atomic mass is 9.69. The van der Waals surface area contributed by atoms with Crippen LogP contribution in [0.2, 0.25) is 0 Å². The van der Waals surface area contributed by atoms with E-state index in [0.717, 1.165) is 32.5 Å². The molecule has 2 fully saturated rings. The lowest BCUT2D eigenvalue weighted by molar-refractivity contribution is -0.153. The molecule has 0 aromatic carbocycles. The smallest absolute Gasteiger partial charge is 0.317 e. The van der Waals surface area contributed by atoms with Gasteiger partial charge in [-0.2, -0.15) is 0 Å². The van der Waals surface area contributed by atoms with Gasteiger partial charge in [-0.05, 0) is 25.8 Å². The number of nitrogens with zero attached hydrogens (tertiary/aromatic N) is 1. The van der Waals surface area contributed by atoms with Gasteiger partial charge in [0.25, 0.3) is 0 Å². The first-order chi connectivity index (χ1) is 8.64. The van der Waals surface area contributed by atoms with Crippen molar-refractivity contribution in [3.63, 3.8) is 0 Å². The summed E-state index contributed by atoms with van der Waals surface area (Å²) in [6, 6.07) is -0.133. The second kappa shape index (κ2) is 5.56. The molecule has 0 aromatic rings. The Labute approximate surface area is 107 Å². The first kappa shape index (κ1) is 13.1. The van der Waals surface area contributed by atoms with E-state index in [0.29, 0.717) is 19.4 Å². The van der Waals surface area contributed by atoms with Crippen molar-refractivity contribution >= 4 is 12.0 Å². The Morgan fingerprint density at radius 1 is 1.22 bits per heavy atom. The van der Waals surface area contributed by atoms with Crippen molar-refractivity contribution in [2.45, 2.75) is 25.7 Å². The van der Waals surface area contributed by atoms with Crippen LogP contribution < -0.4 is 10.6 Å². The van der Waals surface area contributed by atoms with Crippen LogP contribution in [-0.2, 0) is 4.79 Å². The maximum absolute atomic E-state index is 12.0. The summed E-state index contributed by atoms with van der Waals surface area (Å²) in [4.78, 5) is 24.9. The Kier molecular flexibility index (Phi) is 4.06. The van der Waals surface area contributed by atoms with Crippen molar-refractivity contribution in [2.24, 2.45) is 5.41 Å². The third-order valence-corrected chi connectivity index (χ3v) is 3.97. The first-order valence-corrected chi connectivity index (χ1v) is 6.61. The normalized spacial score (nSPS) is 22.8. The fourth-order valence-electron chi connectivity index (χ4n) is 2.48. The highest BCUT2D eigenvalue weighted by Crippen LogP contribution is 2.40. The van der Waals surface area contributed by atoms with E-state index >= 15 is 0 Å². The lowest BCUT2D eigenvalue weighted by Gasteiger charge is -2.38. The molecule has 1 saturated heterocycles. The van der Waals surface area contributed by atoms with Gasteiger partial charge in [-0.1, -0.05) is 6.42 Å². The number of hydrogen-bond donors (Lipinski definition) is 3. The topological polar surface area (TPSA) is 81.7 Å². The van der Waals surface area contributed by atoms with Crippen molar-refractivity contribution in [1.29, 1.82) is 0 Å². The van der Waals surface area contributed by atoms with Crippen molar-refractivity contribution in [3.8, 4) is 0 Å². The number of rotatable bonds is 3. The Bertz CT molecular complexity index is 321. The zero-order valence-corrected chi connectivity index (χ0v) is 10.6. The van der Waals surface area contributed by atoms with Gasteiger partial charge in [0.1, 0.15) is 0 Å². The van der Waals surface area contributed by atoms with Gasteiger partial charge in [0, 0.05) is 26.2 Å². The number of amides is 2. The molecule has 2 aliphatic rings. The van der Waals surface area contributed by atoms with Crippen LogP contribution in [0, 0.1) is 5.41 Å². The summed E-state index contributed by atoms with van der Waals surface area (Å²) in [5.74, 6) is -0.786. The molecule has 0 bridgehead atoms. The third kappa shape index (κ3) is 2.75. The number of carbonyl (C=O) groups is 2. The lowest BCUT2D eigenvalue weighted by Crippen LogP contribution is -2.51. The van der Waals surface area contributed by atoms with E-state index in [-0.39, 0.29) is 12.6 Å². The SMILES string of the molecule is O=C(NCC1(C(=O)O)CCC1)N1CCCNCC1. The van der Waals surface area contributed by atoms with Gasteiger partial charge in [0.2, 0.25) is 0 Å². The predicted octanol–water partition coefficient (Wildman–Crippen LogP) is 0.246. The average molecular weight is 255 g/mol. The minimum absolute atomic E-state index is 0.133. The summed E-state index contributed by atoms with van der Waals surface area (Å²) >= 11 is 0. The summed E-state index contributed by atoms with van der Waals surface area (Å²) in [6.45, 7) is 3.41. The van der Waals surface area contributed by atoms with E-state index in [1.165, 1.54) is 0 Å². The number of carbonyl (C=O) groups excluding carboxylic acids is 1. The van der Waals surface area contributed by atoms with Crippen LogP contribution in [0.5, 0.6) is 0 Å². The Morgan fingerprint density at radius 3 is 2.61 bits per heavy atom. The molecule has 2 rings (SSSR count). The molecule has 0 spiro atoms. The van der Waals surface area contributed by atoms with Gasteiger partial charge in [0.05, 0.1) is 5.41 Å². The Morgan fingerprint density at radius 2 is 2.00 bits per heavy atom. The number of hydrogen-bond acceptors (Lipinski definition) is 3. The van der Waals surface area contributed by atoms with Crippen molar-refractivity contribution < 1.29 is 14.7 Å². The largest absolute Gasteiger partial charge is 0.481 e. The van der Waals surface area contributed by atoms with Crippen molar-refractivity contribution in [2.75, 3.05) is 32.7 Å². The molecule has 0 radical (unpaired) electrons. The Balaban J connectivity index is 1.81. The van der Waals surface area contributed by atoms with Gasteiger partial charge in [-0.25, -0.2) is 4.79 Å². The summed E-state index contributed by atoms with van der Waals surface area (Å²) in [5, 5.41) is 15.2. The van der Waals surface area contributed by atoms with Gasteiger partial charge < -0.3 is 20.6 Å². The highest BCUT2D eigenvalue weighted by Gasteiger charge is 2.44. The number of nitrogens with one attached hydrogen (secondary N) is 2. The molecule has 1 aliphatic carbocycles. The van der Waals surface area contributed by atoms with Gasteiger partial charge >= 0.3 is 12.0 Å². The summed E-state index contributed by atoms with van der Waals surface area (Å²) < 4.78 is 0. The fraction of sp³-hybridized carbons (Fsp3) is 0.833. The number of carboxylic acids is 1. The molecule has 6 nitrogen and oxygen atoms in total. The monoisotopic (exact) mass is 255 g/mol. The first-order valence-electron chi connectivity index (χ1n) is 6.61. The Hall–Kier alpha value is -1.30. The van der Waals surface area contributed by atoms with E-state index in [9.17, 15) is 14.7 Å². The van der Waals surface area contributed by atoms with Gasteiger partial charge in [-0.15, -0.1) is 0 Å². The average Bonchev–Trinajstić information content (AvgIpc) is 2.55. The van der Waals surface area contributed by atoms with Crippen LogP contribution >= 0.6 is 0 Å². The minimum atomic E-state index is -0.786. The molecular formula is C12H21N3O3. The molecule has 0 unspecified atom stereocenters. The van der Waals surface area contributed by atoms with Crippen LogP contribution in [0.3, 0.4) is 0 Å². The zero-order chi connectivity index (χ0) is 13.0. The quantitative estimate of drug-likeness (QED) is 0.675. The molecule has 0 atom stereocenters. The summed E-state index contributed by atoms with van der Waals surface area (Å²) in [5.41, 5.74) is -0.709. The molecule has 1 saturated carbocycles. The van der Waals surface area contributed by atoms with Crippen LogP contribution in [0.1, 0.15) is 25.7 Å². The summed E-state index contributed by atoms with van der Waals surface area (Å²) in [6.07, 6.45) is 3.22. The molecule has 102 valence electrons.